The van der Waals surface area contributed by atoms with E-state index in [1.165, 1.54) is 7.11 Å². The summed E-state index contributed by atoms with van der Waals surface area (Å²) < 4.78 is 16.1. The van der Waals surface area contributed by atoms with Crippen LogP contribution in [0.1, 0.15) is 48.5 Å². The van der Waals surface area contributed by atoms with E-state index in [1.807, 2.05) is 0 Å². The van der Waals surface area contributed by atoms with Gasteiger partial charge in [-0.05, 0) is 66.1 Å². The Hall–Kier alpha value is -1.77. The largest absolute Gasteiger partial charge is 0.495 e. The molecule has 0 atom stereocenters. The van der Waals surface area contributed by atoms with Gasteiger partial charge < -0.3 is 24.3 Å². The van der Waals surface area contributed by atoms with Crippen LogP contribution in [0.15, 0.2) is 18.2 Å². The van der Waals surface area contributed by atoms with Crippen molar-refractivity contribution in [3.8, 4) is 5.75 Å². The molecule has 0 aromatic heterocycles. The van der Waals surface area contributed by atoms with Crippen molar-refractivity contribution in [2.24, 2.45) is 0 Å². The second kappa shape index (κ2) is 7.86. The number of ether oxygens (including phenoxy) is 2. The lowest BCUT2D eigenvalue weighted by atomic mass is 9.76. The quantitative estimate of drug-likeness (QED) is 0.668. The molecule has 0 aliphatic rings. The molecule has 7 nitrogen and oxygen atoms in total. The molecule has 0 fully saturated rings. The van der Waals surface area contributed by atoms with E-state index in [2.05, 4.69) is 5.32 Å². The summed E-state index contributed by atoms with van der Waals surface area (Å²) in [5.74, 6) is 0.345. The highest BCUT2D eigenvalue weighted by atomic mass is 16.6. The van der Waals surface area contributed by atoms with Crippen molar-refractivity contribution in [3.63, 3.8) is 0 Å². The zero-order valence-corrected chi connectivity index (χ0v) is 16.8. The molecule has 0 saturated heterocycles. The molecule has 1 aromatic carbocycles. The van der Waals surface area contributed by atoms with E-state index < -0.39 is 30.0 Å². The molecule has 0 spiro atoms. The van der Waals surface area contributed by atoms with Crippen molar-refractivity contribution in [3.05, 3.63) is 18.2 Å². The molecular weight excluding hydrogens is 337 g/mol. The van der Waals surface area contributed by atoms with Crippen molar-refractivity contribution in [1.82, 2.24) is 0 Å². The van der Waals surface area contributed by atoms with E-state index >= 15 is 0 Å². The van der Waals surface area contributed by atoms with Gasteiger partial charge in [-0.15, -0.1) is 0 Å². The summed E-state index contributed by atoms with van der Waals surface area (Å²) in [4.78, 5) is 11.9. The Morgan fingerprint density at radius 2 is 1.69 bits per heavy atom. The number of aliphatic hydroxyl groups is 1. The Bertz CT molecular complexity index is 634. The summed E-state index contributed by atoms with van der Waals surface area (Å²) in [6, 6.07) is 4.74. The fourth-order valence-corrected chi connectivity index (χ4v) is 1.87. The Labute approximate surface area is 155 Å². The average molecular weight is 367 g/mol. The molecule has 0 saturated carbocycles. The van der Waals surface area contributed by atoms with Gasteiger partial charge in [0.1, 0.15) is 11.4 Å². The highest BCUT2D eigenvalue weighted by molar-refractivity contribution is 6.60. The number of carbonyl (C=O) groups is 1. The van der Waals surface area contributed by atoms with Gasteiger partial charge >= 0.3 is 13.2 Å². The SMILES string of the molecule is COc1cc(B(O)OC(C)(C)C(C)(C)O)ccc1NC(=O)OC(C)(C)C. The maximum absolute atomic E-state index is 11.9. The third kappa shape index (κ3) is 6.19. The zero-order chi connectivity index (χ0) is 20.3. The Morgan fingerprint density at radius 3 is 2.15 bits per heavy atom. The minimum atomic E-state index is -1.28. The molecule has 1 aromatic rings. The van der Waals surface area contributed by atoms with E-state index in [0.29, 0.717) is 16.9 Å². The molecule has 146 valence electrons. The topological polar surface area (TPSA) is 97.3 Å². The third-order valence-electron chi connectivity index (χ3n) is 4.03. The van der Waals surface area contributed by atoms with Crippen LogP contribution in [0, 0.1) is 0 Å². The fraction of sp³-hybridized carbons (Fsp3) is 0.611. The summed E-state index contributed by atoms with van der Waals surface area (Å²) in [7, 11) is 0.175. The highest BCUT2D eigenvalue weighted by Crippen LogP contribution is 2.27. The van der Waals surface area contributed by atoms with Gasteiger partial charge in [0.2, 0.25) is 0 Å². The summed E-state index contributed by atoms with van der Waals surface area (Å²) in [5, 5.41) is 23.1. The fourth-order valence-electron chi connectivity index (χ4n) is 1.87. The van der Waals surface area contributed by atoms with Crippen molar-refractivity contribution < 1.29 is 29.1 Å². The number of methoxy groups -OCH3 is 1. The number of benzene rings is 1. The van der Waals surface area contributed by atoms with Gasteiger partial charge in [0, 0.05) is 0 Å². The molecule has 0 radical (unpaired) electrons. The molecule has 0 unspecified atom stereocenters. The van der Waals surface area contributed by atoms with E-state index in [9.17, 15) is 14.9 Å². The van der Waals surface area contributed by atoms with E-state index in [0.717, 1.165) is 0 Å². The number of amides is 1. The van der Waals surface area contributed by atoms with Gasteiger partial charge in [-0.25, -0.2) is 4.79 Å². The lowest BCUT2D eigenvalue weighted by Gasteiger charge is -2.38. The minimum absolute atomic E-state index is 0.345. The first-order valence-corrected chi connectivity index (χ1v) is 8.42. The maximum atomic E-state index is 11.9. The number of nitrogens with one attached hydrogen (secondary N) is 1. The second-order valence-corrected chi connectivity index (χ2v) is 8.13. The Kier molecular flexibility index (Phi) is 6.73. The smallest absolute Gasteiger partial charge is 0.491 e. The van der Waals surface area contributed by atoms with E-state index in [1.54, 1.807) is 66.7 Å². The van der Waals surface area contributed by atoms with Crippen LogP contribution < -0.4 is 15.5 Å². The molecule has 1 amide bonds. The van der Waals surface area contributed by atoms with Gasteiger partial charge in [-0.1, -0.05) is 6.07 Å². The van der Waals surface area contributed by atoms with Gasteiger partial charge in [-0.2, -0.15) is 0 Å². The summed E-state index contributed by atoms with van der Waals surface area (Å²) in [5.41, 5.74) is -1.94. The lowest BCUT2D eigenvalue weighted by molar-refractivity contribution is -0.0982. The zero-order valence-electron chi connectivity index (χ0n) is 16.8. The first-order chi connectivity index (χ1) is 11.7. The molecule has 1 rings (SSSR count). The minimum Gasteiger partial charge on any atom is -0.495 e. The maximum Gasteiger partial charge on any atom is 0.491 e. The predicted octanol–water partition coefficient (Wildman–Crippen LogP) is 2.30. The normalized spacial score (nSPS) is 12.5. The number of hydrogen-bond donors (Lipinski definition) is 3. The third-order valence-corrected chi connectivity index (χ3v) is 4.03. The van der Waals surface area contributed by atoms with Crippen LogP contribution in [-0.2, 0) is 9.39 Å². The monoisotopic (exact) mass is 367 g/mol. The number of hydrogen-bond acceptors (Lipinski definition) is 6. The Morgan fingerprint density at radius 1 is 1.12 bits per heavy atom. The first kappa shape index (κ1) is 22.3. The van der Waals surface area contributed by atoms with Gasteiger partial charge in [-0.3, -0.25) is 5.32 Å². The average Bonchev–Trinajstić information content (AvgIpc) is 2.43. The van der Waals surface area contributed by atoms with Gasteiger partial charge in [0.15, 0.2) is 0 Å². The van der Waals surface area contributed by atoms with Crippen LogP contribution >= 0.6 is 0 Å². The lowest BCUT2D eigenvalue weighted by Crippen LogP contribution is -2.53. The van der Waals surface area contributed by atoms with Crippen LogP contribution in [-0.4, -0.2) is 47.3 Å². The summed E-state index contributed by atoms with van der Waals surface area (Å²) >= 11 is 0. The molecule has 0 aliphatic carbocycles. The molecular formula is C18H30BNO6. The Balaban J connectivity index is 2.96. The van der Waals surface area contributed by atoms with E-state index in [-0.39, 0.29) is 0 Å². The molecule has 0 bridgehead atoms. The number of anilines is 1. The highest BCUT2D eigenvalue weighted by Gasteiger charge is 2.39. The molecule has 8 heteroatoms. The van der Waals surface area contributed by atoms with Crippen LogP contribution in [0.5, 0.6) is 5.75 Å². The first-order valence-electron chi connectivity index (χ1n) is 8.42. The van der Waals surface area contributed by atoms with Crippen molar-refractivity contribution in [1.29, 1.82) is 0 Å². The van der Waals surface area contributed by atoms with Gasteiger partial charge in [0.25, 0.3) is 0 Å². The van der Waals surface area contributed by atoms with Crippen molar-refractivity contribution in [2.75, 3.05) is 12.4 Å². The molecule has 0 heterocycles. The van der Waals surface area contributed by atoms with Crippen LogP contribution in [0.3, 0.4) is 0 Å². The molecule has 0 aliphatic heterocycles. The van der Waals surface area contributed by atoms with Crippen molar-refractivity contribution in [2.45, 2.75) is 65.3 Å². The van der Waals surface area contributed by atoms with Crippen molar-refractivity contribution >= 4 is 24.4 Å². The molecule has 3 N–H and O–H groups in total. The van der Waals surface area contributed by atoms with Crippen LogP contribution in [0.4, 0.5) is 10.5 Å². The predicted molar refractivity (Wildman–Crippen MR) is 102 cm³/mol. The number of carbonyl (C=O) groups excluding carboxylic acids is 1. The van der Waals surface area contributed by atoms with Crippen LogP contribution in [0.2, 0.25) is 0 Å². The van der Waals surface area contributed by atoms with Gasteiger partial charge in [0.05, 0.1) is 24.0 Å². The second-order valence-electron chi connectivity index (χ2n) is 8.13. The summed E-state index contributed by atoms with van der Waals surface area (Å²) in [6.45, 7) is 11.9. The standard InChI is InChI=1S/C18H30BNO6/c1-16(2,3)25-15(21)20-13-10-9-12(11-14(13)24-8)19(23)26-18(6,7)17(4,5)22/h9-11,22-23H,1-8H3,(H,20,21). The van der Waals surface area contributed by atoms with E-state index in [4.69, 9.17) is 14.1 Å². The molecule has 26 heavy (non-hydrogen) atoms. The van der Waals surface area contributed by atoms with Crippen LogP contribution in [0.25, 0.3) is 0 Å². The number of rotatable bonds is 6. The summed E-state index contributed by atoms with van der Waals surface area (Å²) in [6.07, 6.45) is -0.608.